The molecule has 1 aromatic rings. The third-order valence-electron chi connectivity index (χ3n) is 4.65. The first kappa shape index (κ1) is 16.3. The minimum Gasteiger partial charge on any atom is -0.385 e. The molecule has 0 saturated carbocycles. The van der Waals surface area contributed by atoms with Crippen molar-refractivity contribution in [3.63, 3.8) is 0 Å². The molecule has 0 aromatic heterocycles. The van der Waals surface area contributed by atoms with Gasteiger partial charge in [0.25, 0.3) is 0 Å². The van der Waals surface area contributed by atoms with Gasteiger partial charge in [-0.1, -0.05) is 30.7 Å². The zero-order valence-electron chi connectivity index (χ0n) is 12.8. The first-order valence-electron chi connectivity index (χ1n) is 7.68. The van der Waals surface area contributed by atoms with Crippen molar-refractivity contribution in [1.82, 2.24) is 4.90 Å². The lowest BCUT2D eigenvalue weighted by Crippen LogP contribution is -2.39. The van der Waals surface area contributed by atoms with E-state index >= 15 is 0 Å². The zero-order valence-corrected chi connectivity index (χ0v) is 13.6. The maximum Gasteiger partial charge on any atom is 0.219 e. The molecule has 1 heterocycles. The fourth-order valence-electron chi connectivity index (χ4n) is 3.16. The van der Waals surface area contributed by atoms with Gasteiger partial charge >= 0.3 is 0 Å². The summed E-state index contributed by atoms with van der Waals surface area (Å²) in [5, 5.41) is 11.7. The van der Waals surface area contributed by atoms with Gasteiger partial charge in [0.1, 0.15) is 0 Å². The predicted molar refractivity (Wildman–Crippen MR) is 85.2 cm³/mol. The summed E-state index contributed by atoms with van der Waals surface area (Å²) in [6.07, 6.45) is 3.36. The lowest BCUT2D eigenvalue weighted by Gasteiger charge is -2.36. The van der Waals surface area contributed by atoms with Crippen molar-refractivity contribution in [2.75, 3.05) is 13.1 Å². The number of rotatable bonds is 4. The molecule has 1 aliphatic heterocycles. The monoisotopic (exact) mass is 309 g/mol. The van der Waals surface area contributed by atoms with Crippen molar-refractivity contribution >= 4 is 17.5 Å². The lowest BCUT2D eigenvalue weighted by atomic mass is 9.79. The van der Waals surface area contributed by atoms with E-state index in [1.807, 2.05) is 36.1 Å². The molecule has 0 radical (unpaired) electrons. The van der Waals surface area contributed by atoms with Gasteiger partial charge in [-0.05, 0) is 49.3 Å². The molecule has 1 saturated heterocycles. The number of likely N-dealkylation sites (tertiary alicyclic amines) is 1. The van der Waals surface area contributed by atoms with Gasteiger partial charge in [0.05, 0.1) is 5.60 Å². The fraction of sp³-hybridized carbons (Fsp3) is 0.588. The van der Waals surface area contributed by atoms with Gasteiger partial charge in [-0.3, -0.25) is 4.79 Å². The van der Waals surface area contributed by atoms with E-state index in [0.717, 1.165) is 37.9 Å². The highest BCUT2D eigenvalue weighted by Crippen LogP contribution is 2.36. The molecule has 0 bridgehead atoms. The molecule has 0 spiro atoms. The smallest absolute Gasteiger partial charge is 0.219 e. The maximum absolute atomic E-state index is 11.4. The number of nitrogens with zero attached hydrogens (tertiary/aromatic N) is 1. The van der Waals surface area contributed by atoms with Gasteiger partial charge in [-0.15, -0.1) is 0 Å². The molecule has 116 valence electrons. The van der Waals surface area contributed by atoms with Crippen molar-refractivity contribution in [1.29, 1.82) is 0 Å². The van der Waals surface area contributed by atoms with E-state index in [9.17, 15) is 9.90 Å². The van der Waals surface area contributed by atoms with Crippen LogP contribution in [0.3, 0.4) is 0 Å². The van der Waals surface area contributed by atoms with Gasteiger partial charge < -0.3 is 10.0 Å². The topological polar surface area (TPSA) is 40.5 Å². The summed E-state index contributed by atoms with van der Waals surface area (Å²) < 4.78 is 0. The molecule has 1 amide bonds. The van der Waals surface area contributed by atoms with Crippen LogP contribution in [0.15, 0.2) is 24.3 Å². The van der Waals surface area contributed by atoms with Crippen LogP contribution >= 0.6 is 11.6 Å². The average molecular weight is 310 g/mol. The Morgan fingerprint density at radius 3 is 2.38 bits per heavy atom. The molecule has 1 aliphatic rings. The Kier molecular flexibility index (Phi) is 5.28. The molecule has 21 heavy (non-hydrogen) atoms. The number of piperidine rings is 1. The van der Waals surface area contributed by atoms with Gasteiger partial charge in [-0.2, -0.15) is 0 Å². The fourth-order valence-corrected chi connectivity index (χ4v) is 3.28. The van der Waals surface area contributed by atoms with Crippen LogP contribution in [0.1, 0.15) is 45.1 Å². The third kappa shape index (κ3) is 3.98. The molecule has 3 nitrogen and oxygen atoms in total. The molecule has 1 N–H and O–H groups in total. The third-order valence-corrected chi connectivity index (χ3v) is 4.90. The first-order chi connectivity index (χ1) is 9.94. The van der Waals surface area contributed by atoms with Crippen molar-refractivity contribution < 1.29 is 9.90 Å². The second-order valence-electron chi connectivity index (χ2n) is 6.05. The summed E-state index contributed by atoms with van der Waals surface area (Å²) in [6, 6.07) is 7.48. The summed E-state index contributed by atoms with van der Waals surface area (Å²) in [4.78, 5) is 13.3. The van der Waals surface area contributed by atoms with Crippen molar-refractivity contribution in [2.45, 2.75) is 45.1 Å². The minimum atomic E-state index is -0.798. The van der Waals surface area contributed by atoms with Gasteiger partial charge in [-0.25, -0.2) is 0 Å². The Hall–Kier alpha value is -1.06. The van der Waals surface area contributed by atoms with E-state index in [0.29, 0.717) is 17.4 Å². The average Bonchev–Trinajstić information content (AvgIpc) is 2.48. The molecule has 1 atom stereocenters. The molecule has 2 rings (SSSR count). The standard InChI is InChI=1S/C17H24ClNO2/c1-3-17(21,15-4-6-16(18)7-5-15)12-14-8-10-19(11-9-14)13(2)20/h4-7,14,21H,3,8-12H2,1-2H3/t17-/m1/s1. The predicted octanol–water partition coefficient (Wildman–Crippen LogP) is 3.59. The number of carbonyl (C=O) groups excluding carboxylic acids is 1. The van der Waals surface area contributed by atoms with E-state index < -0.39 is 5.60 Å². The number of amides is 1. The maximum atomic E-state index is 11.4. The molecular formula is C17H24ClNO2. The Bertz CT molecular complexity index is 480. The first-order valence-corrected chi connectivity index (χ1v) is 8.06. The number of aliphatic hydroxyl groups is 1. The molecule has 0 unspecified atom stereocenters. The van der Waals surface area contributed by atoms with E-state index in [-0.39, 0.29) is 5.91 Å². The Balaban J connectivity index is 2.02. The number of hydrogen-bond acceptors (Lipinski definition) is 2. The Morgan fingerprint density at radius 1 is 1.33 bits per heavy atom. The summed E-state index contributed by atoms with van der Waals surface area (Å²) in [5.74, 6) is 0.609. The van der Waals surface area contributed by atoms with Gasteiger partial charge in [0.15, 0.2) is 0 Å². The van der Waals surface area contributed by atoms with Crippen LogP contribution in [0, 0.1) is 5.92 Å². The summed E-state index contributed by atoms with van der Waals surface area (Å²) in [7, 11) is 0. The second kappa shape index (κ2) is 6.80. The number of hydrogen-bond donors (Lipinski definition) is 1. The van der Waals surface area contributed by atoms with E-state index in [4.69, 9.17) is 11.6 Å². The normalized spacial score (nSPS) is 19.3. The summed E-state index contributed by atoms with van der Waals surface area (Å²) in [5.41, 5.74) is 0.136. The molecule has 1 fully saturated rings. The van der Waals surface area contributed by atoms with Crippen LogP contribution in [0.5, 0.6) is 0 Å². The van der Waals surface area contributed by atoms with Gasteiger partial charge in [0.2, 0.25) is 5.91 Å². The van der Waals surface area contributed by atoms with Crippen LogP contribution < -0.4 is 0 Å². The highest BCUT2D eigenvalue weighted by atomic mass is 35.5. The quantitative estimate of drug-likeness (QED) is 0.923. The van der Waals surface area contributed by atoms with E-state index in [2.05, 4.69) is 0 Å². The van der Waals surface area contributed by atoms with Crippen LogP contribution in [-0.2, 0) is 10.4 Å². The highest BCUT2D eigenvalue weighted by Gasteiger charge is 2.32. The number of benzene rings is 1. The van der Waals surface area contributed by atoms with Crippen LogP contribution in [0.25, 0.3) is 0 Å². The highest BCUT2D eigenvalue weighted by molar-refractivity contribution is 6.30. The molecule has 4 heteroatoms. The SMILES string of the molecule is CC[C@@](O)(CC1CCN(C(C)=O)CC1)c1ccc(Cl)cc1. The molecular weight excluding hydrogens is 286 g/mol. The van der Waals surface area contributed by atoms with Crippen LogP contribution in [-0.4, -0.2) is 29.0 Å². The second-order valence-corrected chi connectivity index (χ2v) is 6.48. The van der Waals surface area contributed by atoms with E-state index in [1.165, 1.54) is 0 Å². The van der Waals surface area contributed by atoms with Gasteiger partial charge in [0, 0.05) is 25.0 Å². The van der Waals surface area contributed by atoms with Crippen LogP contribution in [0.4, 0.5) is 0 Å². The van der Waals surface area contributed by atoms with Crippen molar-refractivity contribution in [2.24, 2.45) is 5.92 Å². The molecule has 0 aliphatic carbocycles. The zero-order chi connectivity index (χ0) is 15.5. The minimum absolute atomic E-state index is 0.150. The van der Waals surface area contributed by atoms with Crippen molar-refractivity contribution in [3.8, 4) is 0 Å². The summed E-state index contributed by atoms with van der Waals surface area (Å²) >= 11 is 5.92. The molecule has 1 aromatic carbocycles. The number of halogens is 1. The largest absolute Gasteiger partial charge is 0.385 e. The van der Waals surface area contributed by atoms with Crippen LogP contribution in [0.2, 0.25) is 5.02 Å². The van der Waals surface area contributed by atoms with E-state index in [1.54, 1.807) is 6.92 Å². The Labute approximate surface area is 131 Å². The lowest BCUT2D eigenvalue weighted by molar-refractivity contribution is -0.130. The Morgan fingerprint density at radius 2 is 1.90 bits per heavy atom. The van der Waals surface area contributed by atoms with Crippen molar-refractivity contribution in [3.05, 3.63) is 34.9 Å². The number of carbonyl (C=O) groups is 1. The summed E-state index contributed by atoms with van der Waals surface area (Å²) in [6.45, 7) is 5.25.